The Labute approximate surface area is 259 Å². The number of carbonyl (C=O) groups is 1. The van der Waals surface area contributed by atoms with Gasteiger partial charge in [-0.25, -0.2) is 13.4 Å². The molecule has 0 saturated heterocycles. The van der Waals surface area contributed by atoms with Crippen molar-refractivity contribution in [3.05, 3.63) is 70.3 Å². The summed E-state index contributed by atoms with van der Waals surface area (Å²) in [5.74, 6) is -0.220. The van der Waals surface area contributed by atoms with Gasteiger partial charge in [-0.05, 0) is 71.4 Å². The summed E-state index contributed by atoms with van der Waals surface area (Å²) in [7, 11) is -2.33. The summed E-state index contributed by atoms with van der Waals surface area (Å²) < 4.78 is 74.7. The third-order valence-electron chi connectivity index (χ3n) is 7.67. The molecule has 0 bridgehead atoms. The second kappa shape index (κ2) is 11.3. The summed E-state index contributed by atoms with van der Waals surface area (Å²) in [6.45, 7) is 6.31. The fraction of sp³-hybridized carbons (Fsp3) is 0.433. The zero-order valence-electron chi connectivity index (χ0n) is 25.7. The van der Waals surface area contributed by atoms with Crippen LogP contribution in [0.3, 0.4) is 0 Å². The molecule has 1 amide bonds. The van der Waals surface area contributed by atoms with Crippen molar-refractivity contribution in [2.45, 2.75) is 70.1 Å². The summed E-state index contributed by atoms with van der Waals surface area (Å²) in [5.41, 5.74) is 0.464. The van der Waals surface area contributed by atoms with E-state index in [9.17, 15) is 26.4 Å². The van der Waals surface area contributed by atoms with Crippen LogP contribution in [-0.2, 0) is 27.5 Å². The molecule has 45 heavy (non-hydrogen) atoms. The zero-order valence-corrected chi connectivity index (χ0v) is 26.5. The van der Waals surface area contributed by atoms with E-state index in [1.807, 2.05) is 20.8 Å². The molecule has 1 aliphatic carbocycles. The number of alkyl halides is 3. The van der Waals surface area contributed by atoms with Gasteiger partial charge in [-0.1, -0.05) is 26.8 Å². The van der Waals surface area contributed by atoms with Crippen molar-refractivity contribution in [3.8, 4) is 5.75 Å². The van der Waals surface area contributed by atoms with E-state index in [4.69, 9.17) is 4.74 Å². The number of amides is 1. The fourth-order valence-electron chi connectivity index (χ4n) is 5.34. The van der Waals surface area contributed by atoms with Crippen LogP contribution < -0.4 is 14.8 Å². The number of anilines is 2. The molecule has 1 atom stereocenters. The minimum Gasteiger partial charge on any atom is -0.492 e. The minimum absolute atomic E-state index is 0.0763. The van der Waals surface area contributed by atoms with Crippen LogP contribution in [0.2, 0.25) is 0 Å². The number of carbonyl (C=O) groups excluding carboxylic acids is 1. The predicted molar refractivity (Wildman–Crippen MR) is 164 cm³/mol. The lowest BCUT2D eigenvalue weighted by molar-refractivity contribution is -0.141. The van der Waals surface area contributed by atoms with E-state index in [2.05, 4.69) is 30.5 Å². The first-order valence-corrected chi connectivity index (χ1v) is 16.0. The molecule has 240 valence electrons. The lowest BCUT2D eigenvalue weighted by atomic mass is 9.84. The lowest BCUT2D eigenvalue weighted by Crippen LogP contribution is -2.32. The summed E-state index contributed by atoms with van der Waals surface area (Å²) in [4.78, 5) is 18.1. The summed E-state index contributed by atoms with van der Waals surface area (Å²) in [6, 6.07) is 8.13. The molecular weight excluding hydrogens is 611 g/mol. The van der Waals surface area contributed by atoms with E-state index in [0.717, 1.165) is 29.2 Å². The van der Waals surface area contributed by atoms with Crippen LogP contribution >= 0.6 is 0 Å². The van der Waals surface area contributed by atoms with Gasteiger partial charge in [0, 0.05) is 11.5 Å². The Bertz CT molecular complexity index is 1810. The molecule has 2 aromatic carbocycles. The quantitative estimate of drug-likeness (QED) is 0.283. The van der Waals surface area contributed by atoms with Gasteiger partial charge >= 0.3 is 6.18 Å². The van der Waals surface area contributed by atoms with Crippen molar-refractivity contribution in [2.75, 3.05) is 23.4 Å². The third-order valence-corrected chi connectivity index (χ3v) is 8.26. The van der Waals surface area contributed by atoms with Gasteiger partial charge in [-0.15, -0.1) is 10.2 Å². The van der Waals surface area contributed by atoms with E-state index in [-0.39, 0.29) is 34.3 Å². The molecule has 2 heterocycles. The number of aromatic nitrogens is 2. The minimum atomic E-state index is -4.52. The topological polar surface area (TPSA) is 139 Å². The Morgan fingerprint density at radius 1 is 1.13 bits per heavy atom. The summed E-state index contributed by atoms with van der Waals surface area (Å²) in [6.07, 6.45) is 0.711. The first kappa shape index (κ1) is 32.1. The van der Waals surface area contributed by atoms with Gasteiger partial charge < -0.3 is 14.6 Å². The Balaban J connectivity index is 1.59. The van der Waals surface area contributed by atoms with Crippen LogP contribution in [0.15, 0.2) is 52.0 Å². The molecule has 5 rings (SSSR count). The molecule has 3 aromatic rings. The number of halogens is 3. The Morgan fingerprint density at radius 3 is 2.38 bits per heavy atom. The third kappa shape index (κ3) is 6.72. The van der Waals surface area contributed by atoms with E-state index in [1.54, 1.807) is 37.3 Å². The van der Waals surface area contributed by atoms with Crippen LogP contribution in [0.25, 0.3) is 0 Å². The number of benzene rings is 2. The lowest BCUT2D eigenvalue weighted by Gasteiger charge is -2.27. The van der Waals surface area contributed by atoms with Gasteiger partial charge in [0.15, 0.2) is 11.3 Å². The van der Waals surface area contributed by atoms with E-state index in [1.165, 1.54) is 19.5 Å². The van der Waals surface area contributed by atoms with Crippen molar-refractivity contribution in [2.24, 2.45) is 15.4 Å². The molecule has 1 saturated carbocycles. The number of hydrogen-bond acceptors (Lipinski definition) is 8. The smallest absolute Gasteiger partial charge is 0.406 e. The highest BCUT2D eigenvalue weighted by atomic mass is 32.2. The van der Waals surface area contributed by atoms with Crippen molar-refractivity contribution in [1.82, 2.24) is 9.55 Å². The van der Waals surface area contributed by atoms with Gasteiger partial charge in [0.25, 0.3) is 5.91 Å². The Kier molecular flexibility index (Phi) is 8.05. The second-order valence-corrected chi connectivity index (χ2v) is 14.1. The van der Waals surface area contributed by atoms with Gasteiger partial charge in [0.05, 0.1) is 42.8 Å². The number of nitrogens with one attached hydrogen (secondary N) is 2. The maximum absolute atomic E-state index is 13.8. The summed E-state index contributed by atoms with van der Waals surface area (Å²) in [5, 5.41) is 14.8. The highest BCUT2D eigenvalue weighted by molar-refractivity contribution is 7.92. The summed E-state index contributed by atoms with van der Waals surface area (Å²) >= 11 is 0. The molecule has 1 unspecified atom stereocenters. The molecule has 11 nitrogen and oxygen atoms in total. The number of aryl methyl sites for hydroxylation is 1. The number of hydrogen-bond donors (Lipinski definition) is 2. The molecule has 1 aromatic heterocycles. The number of methoxy groups -OCH3 is 1. The van der Waals surface area contributed by atoms with Crippen LogP contribution in [0.5, 0.6) is 5.75 Å². The molecule has 0 spiro atoms. The van der Waals surface area contributed by atoms with Crippen molar-refractivity contribution in [1.29, 1.82) is 0 Å². The maximum Gasteiger partial charge on any atom is 0.406 e. The monoisotopic (exact) mass is 645 g/mol. The average molecular weight is 646 g/mol. The fourth-order valence-corrected chi connectivity index (χ4v) is 5.89. The number of imidazole rings is 1. The molecule has 1 fully saturated rings. The standard InChI is InChI=1S/C30H34F3N7O4S/c1-17-7-8-19(27(41)36-22-12-20(28(2,3)4)13-23(25(22)44-5)37-45(6,42)43)11-21(17)29(15-35-39-38-29)24-14-34-26(18-9-10-18)40(24)16-30(31,32)33/h7-8,11-15,18,37H,9-10,16H2,1-6H3,(H,36,41). The van der Waals surface area contributed by atoms with Crippen LogP contribution in [0, 0.1) is 6.92 Å². The average Bonchev–Trinajstić information content (AvgIpc) is 3.49. The number of nitrogens with zero attached hydrogens (tertiary/aromatic N) is 5. The Morgan fingerprint density at radius 2 is 1.82 bits per heavy atom. The highest BCUT2D eigenvalue weighted by Gasteiger charge is 2.45. The SMILES string of the molecule is COc1c(NC(=O)c2ccc(C)c(C3(c4cnc(C5CC5)n4CC(F)(F)F)C=NN=N3)c2)cc(C(C)(C)C)cc1NS(C)(=O)=O. The van der Waals surface area contributed by atoms with E-state index < -0.39 is 39.6 Å². The largest absolute Gasteiger partial charge is 0.492 e. The van der Waals surface area contributed by atoms with Gasteiger partial charge in [0.2, 0.25) is 10.0 Å². The molecule has 0 radical (unpaired) electrons. The van der Waals surface area contributed by atoms with Crippen LogP contribution in [0.4, 0.5) is 24.5 Å². The second-order valence-electron chi connectivity index (χ2n) is 12.4. The van der Waals surface area contributed by atoms with Crippen LogP contribution in [0.1, 0.15) is 78.1 Å². The number of sulfonamides is 1. The van der Waals surface area contributed by atoms with Crippen LogP contribution in [-0.4, -0.2) is 49.6 Å². The molecule has 15 heteroatoms. The van der Waals surface area contributed by atoms with Gasteiger partial charge in [0.1, 0.15) is 12.4 Å². The molecule has 2 aliphatic rings. The van der Waals surface area contributed by atoms with E-state index >= 15 is 0 Å². The molecule has 1 aliphatic heterocycles. The van der Waals surface area contributed by atoms with E-state index in [0.29, 0.717) is 17.0 Å². The molecule has 2 N–H and O–H groups in total. The first-order valence-electron chi connectivity index (χ1n) is 14.1. The number of rotatable bonds is 9. The van der Waals surface area contributed by atoms with Crippen molar-refractivity contribution >= 4 is 33.5 Å². The zero-order chi connectivity index (χ0) is 32.9. The number of ether oxygens (including phenoxy) is 1. The Hall–Kier alpha value is -4.27. The molecular formula is C30H34F3N7O4S. The normalized spacial score (nSPS) is 18.3. The highest BCUT2D eigenvalue weighted by Crippen LogP contribution is 2.45. The maximum atomic E-state index is 13.8. The van der Waals surface area contributed by atoms with Crippen molar-refractivity contribution < 1.29 is 31.1 Å². The van der Waals surface area contributed by atoms with Gasteiger partial charge in [-0.3, -0.25) is 9.52 Å². The van der Waals surface area contributed by atoms with Gasteiger partial charge in [-0.2, -0.15) is 13.2 Å². The van der Waals surface area contributed by atoms with Crippen molar-refractivity contribution in [3.63, 3.8) is 0 Å². The predicted octanol–water partition coefficient (Wildman–Crippen LogP) is 6.26. The first-order chi connectivity index (χ1) is 20.9.